The first-order valence-electron chi connectivity index (χ1n) is 6.31. The molecule has 0 saturated heterocycles. The first-order chi connectivity index (χ1) is 10.1. The van der Waals surface area contributed by atoms with E-state index in [4.69, 9.17) is 23.2 Å². The van der Waals surface area contributed by atoms with Gasteiger partial charge in [0, 0.05) is 12.1 Å². The average Bonchev–Trinajstić information content (AvgIpc) is 2.60. The van der Waals surface area contributed by atoms with Gasteiger partial charge < -0.3 is 0 Å². The largest absolute Gasteiger partial charge is 0.298 e. The molecular weight excluding hydrogens is 327 g/mol. The molecule has 1 heterocycles. The Bertz CT molecular complexity index is 890. The lowest BCUT2D eigenvalue weighted by Crippen LogP contribution is -2.13. The number of alkyl halides is 1. The van der Waals surface area contributed by atoms with Crippen molar-refractivity contribution in [1.82, 2.24) is 8.52 Å². The number of hydrogen-bond acceptors (Lipinski definition) is 2. The monoisotopic (exact) mass is 338 g/mol. The molecule has 2 aromatic carbocycles. The second-order valence-electron chi connectivity index (χ2n) is 4.55. The molecule has 0 aliphatic carbocycles. The molecule has 0 unspecified atom stereocenters. The van der Waals surface area contributed by atoms with Crippen LogP contribution in [0, 0.1) is 0 Å². The predicted molar refractivity (Wildman–Crippen MR) is 90.3 cm³/mol. The molecule has 0 N–H and O–H groups in total. The Hall–Kier alpha value is -1.49. The number of carbonyl (C=O) groups excluding carboxylic acids is 1. The van der Waals surface area contributed by atoms with E-state index in [1.165, 1.54) is 0 Å². The highest BCUT2D eigenvalue weighted by Crippen LogP contribution is 2.26. The van der Waals surface area contributed by atoms with Crippen molar-refractivity contribution in [3.8, 4) is 0 Å². The van der Waals surface area contributed by atoms with Gasteiger partial charge in [-0.3, -0.25) is 13.3 Å². The number of halogens is 2. The Morgan fingerprint density at radius 3 is 2.67 bits per heavy atom. The van der Waals surface area contributed by atoms with Crippen molar-refractivity contribution in [1.29, 1.82) is 0 Å². The number of benzene rings is 2. The number of carbonyl (C=O) groups is 1. The zero-order chi connectivity index (χ0) is 15.0. The molecule has 3 aromatic rings. The number of fused-ring (bicyclic) bond motifs is 2. The molecular formula is C15H12Cl2N2OS. The summed E-state index contributed by atoms with van der Waals surface area (Å²) < 4.78 is 4.65. The molecule has 3 nitrogen and oxygen atoms in total. The maximum absolute atomic E-state index is 12.4. The minimum Gasteiger partial charge on any atom is -0.298 e. The van der Waals surface area contributed by atoms with Gasteiger partial charge in [0.1, 0.15) is 5.88 Å². The summed E-state index contributed by atoms with van der Waals surface area (Å²) >= 11 is 13.5. The van der Waals surface area contributed by atoms with Crippen LogP contribution in [0.25, 0.3) is 21.3 Å². The molecule has 21 heavy (non-hydrogen) atoms. The van der Waals surface area contributed by atoms with Gasteiger partial charge in [0.25, 0.3) is 0 Å². The molecule has 1 aromatic heterocycles. The predicted octanol–water partition coefficient (Wildman–Crippen LogP) is 4.85. The minimum absolute atomic E-state index is 0.0886. The zero-order valence-corrected chi connectivity index (χ0v) is 13.5. The van der Waals surface area contributed by atoms with E-state index in [2.05, 4.69) is 0 Å². The topological polar surface area (TPSA) is 26.9 Å². The van der Waals surface area contributed by atoms with E-state index in [0.29, 0.717) is 5.02 Å². The molecule has 0 atom stereocenters. The Morgan fingerprint density at radius 2 is 1.90 bits per heavy atom. The zero-order valence-electron chi connectivity index (χ0n) is 11.2. The highest BCUT2D eigenvalue weighted by molar-refractivity contribution is 7.13. The van der Waals surface area contributed by atoms with E-state index in [0.717, 1.165) is 21.3 Å². The highest BCUT2D eigenvalue weighted by atomic mass is 35.5. The van der Waals surface area contributed by atoms with Crippen molar-refractivity contribution in [2.24, 2.45) is 7.05 Å². The summed E-state index contributed by atoms with van der Waals surface area (Å²) in [4.78, 5) is 12.4. The van der Waals surface area contributed by atoms with Gasteiger partial charge in [-0.2, -0.15) is 0 Å². The summed E-state index contributed by atoms with van der Waals surface area (Å²) in [5.41, 5.74) is 2.48. The third-order valence-corrected chi connectivity index (χ3v) is 4.70. The minimum atomic E-state index is -0.177. The van der Waals surface area contributed by atoms with Crippen molar-refractivity contribution in [3.05, 3.63) is 47.5 Å². The van der Waals surface area contributed by atoms with Crippen LogP contribution in [0.5, 0.6) is 0 Å². The van der Waals surface area contributed by atoms with E-state index in [-0.39, 0.29) is 11.8 Å². The molecule has 0 fully saturated rings. The SMILES string of the molecule is Cn1sc2ccccc2n(C(=O)CCl)c2cc(Cl)ccc21. The van der Waals surface area contributed by atoms with Gasteiger partial charge in [-0.15, -0.1) is 11.6 Å². The molecule has 0 aliphatic rings. The standard InChI is InChI=1S/C15H12Cl2N2OS/c1-18-11-7-6-10(17)8-13(11)19(15(20)9-16)12-4-2-3-5-14(12)21-18/h2-8H,9H2,1H3. The number of aryl methyl sites for hydroxylation is 1. The average molecular weight is 339 g/mol. The van der Waals surface area contributed by atoms with Crippen molar-refractivity contribution in [2.75, 3.05) is 5.88 Å². The van der Waals surface area contributed by atoms with Gasteiger partial charge >= 0.3 is 0 Å². The molecule has 0 radical (unpaired) electrons. The number of nitrogens with zero attached hydrogens (tertiary/aromatic N) is 2. The van der Waals surface area contributed by atoms with E-state index in [1.54, 1.807) is 22.2 Å². The summed E-state index contributed by atoms with van der Waals surface area (Å²) in [6.07, 6.45) is 0. The Morgan fingerprint density at radius 1 is 1.14 bits per heavy atom. The van der Waals surface area contributed by atoms with E-state index < -0.39 is 0 Å². The molecule has 6 heteroatoms. The van der Waals surface area contributed by atoms with Crippen LogP contribution in [-0.2, 0) is 7.05 Å². The van der Waals surface area contributed by atoms with Gasteiger partial charge in [0.2, 0.25) is 5.91 Å². The summed E-state index contributed by atoms with van der Waals surface area (Å²) in [5.74, 6) is -0.266. The third kappa shape index (κ3) is 2.55. The first kappa shape index (κ1) is 14.4. The fourth-order valence-corrected chi connectivity index (χ4v) is 3.54. The summed E-state index contributed by atoms with van der Waals surface area (Å²) in [7, 11) is 1.96. The number of hydrogen-bond donors (Lipinski definition) is 0. The first-order valence-corrected chi connectivity index (χ1v) is 7.99. The van der Waals surface area contributed by atoms with Gasteiger partial charge in [0.15, 0.2) is 0 Å². The molecule has 0 bridgehead atoms. The summed E-state index contributed by atoms with van der Waals surface area (Å²) in [5, 5.41) is 0.582. The quantitative estimate of drug-likeness (QED) is 0.582. The van der Waals surface area contributed by atoms with Gasteiger partial charge in [-0.25, -0.2) is 0 Å². The molecule has 3 rings (SSSR count). The second-order valence-corrected chi connectivity index (χ2v) is 6.43. The number of aromatic nitrogens is 2. The van der Waals surface area contributed by atoms with Crippen LogP contribution in [0.1, 0.15) is 4.79 Å². The van der Waals surface area contributed by atoms with Crippen molar-refractivity contribution in [2.45, 2.75) is 0 Å². The second kappa shape index (κ2) is 5.72. The molecule has 0 saturated carbocycles. The van der Waals surface area contributed by atoms with E-state index in [9.17, 15) is 4.79 Å². The van der Waals surface area contributed by atoms with Crippen LogP contribution in [0.3, 0.4) is 0 Å². The van der Waals surface area contributed by atoms with Crippen molar-refractivity contribution >= 4 is 61.9 Å². The number of rotatable bonds is 1. The van der Waals surface area contributed by atoms with Crippen LogP contribution in [0.15, 0.2) is 42.5 Å². The highest BCUT2D eigenvalue weighted by Gasteiger charge is 2.12. The summed E-state index contributed by atoms with van der Waals surface area (Å²) in [6, 6.07) is 13.3. The smallest absolute Gasteiger partial charge is 0.246 e. The normalized spacial score (nSPS) is 11.0. The van der Waals surface area contributed by atoms with Crippen molar-refractivity contribution in [3.63, 3.8) is 0 Å². The fourth-order valence-electron chi connectivity index (χ4n) is 2.32. The lowest BCUT2D eigenvalue weighted by molar-refractivity contribution is 0.0949. The van der Waals surface area contributed by atoms with Gasteiger partial charge in [-0.05, 0) is 30.3 Å². The fraction of sp³-hybridized carbons (Fsp3) is 0.133. The Labute approximate surface area is 135 Å². The van der Waals surface area contributed by atoms with Crippen LogP contribution >= 0.6 is 34.7 Å². The molecule has 0 aliphatic heterocycles. The summed E-state index contributed by atoms with van der Waals surface area (Å²) in [6.45, 7) is 0. The molecule has 0 amide bonds. The van der Waals surface area contributed by atoms with Crippen LogP contribution in [0.4, 0.5) is 0 Å². The lowest BCUT2D eigenvalue weighted by atomic mass is 10.2. The van der Waals surface area contributed by atoms with E-state index >= 15 is 0 Å². The van der Waals surface area contributed by atoms with Gasteiger partial charge in [-0.1, -0.05) is 35.3 Å². The number of para-hydroxylation sites is 1. The van der Waals surface area contributed by atoms with Crippen LogP contribution < -0.4 is 0 Å². The molecule has 108 valence electrons. The van der Waals surface area contributed by atoms with Crippen LogP contribution in [-0.4, -0.2) is 20.3 Å². The van der Waals surface area contributed by atoms with Gasteiger partial charge in [0.05, 0.1) is 21.3 Å². The third-order valence-electron chi connectivity index (χ3n) is 3.22. The Kier molecular flexibility index (Phi) is 3.93. The lowest BCUT2D eigenvalue weighted by Gasteiger charge is -2.08. The molecule has 0 spiro atoms. The Balaban J connectivity index is 2.65. The van der Waals surface area contributed by atoms with E-state index in [1.807, 2.05) is 47.4 Å². The maximum atomic E-state index is 12.4. The van der Waals surface area contributed by atoms with Crippen molar-refractivity contribution < 1.29 is 4.79 Å². The van der Waals surface area contributed by atoms with Crippen LogP contribution in [0.2, 0.25) is 5.02 Å². The maximum Gasteiger partial charge on any atom is 0.246 e.